The molecular weight excluding hydrogens is 389 g/mol. The predicted molar refractivity (Wildman–Crippen MR) is 112 cm³/mol. The highest BCUT2D eigenvalue weighted by Crippen LogP contribution is 2.38. The van der Waals surface area contributed by atoms with Crippen LogP contribution in [0.2, 0.25) is 0 Å². The van der Waals surface area contributed by atoms with Crippen LogP contribution in [0.4, 0.5) is 4.39 Å². The molecule has 0 bridgehead atoms. The molecule has 1 aliphatic carbocycles. The van der Waals surface area contributed by atoms with Crippen molar-refractivity contribution in [3.8, 4) is 10.6 Å². The van der Waals surface area contributed by atoms with Gasteiger partial charge in [0, 0.05) is 24.0 Å². The number of aliphatic hydroxyl groups excluding tert-OH is 1. The highest BCUT2D eigenvalue weighted by Gasteiger charge is 2.38. The minimum atomic E-state index is -0.393. The van der Waals surface area contributed by atoms with Gasteiger partial charge in [0.05, 0.1) is 10.2 Å². The Balaban J connectivity index is 1.81. The van der Waals surface area contributed by atoms with Crippen molar-refractivity contribution in [3.05, 3.63) is 58.9 Å². The van der Waals surface area contributed by atoms with Crippen LogP contribution in [0.25, 0.3) is 26.5 Å². The van der Waals surface area contributed by atoms with Crippen LogP contribution in [0.15, 0.2) is 42.0 Å². The molecular formula is C23H20FNO3S. The molecule has 1 N–H and O–H groups in total. The number of halogens is 1. The summed E-state index contributed by atoms with van der Waals surface area (Å²) in [5, 5.41) is 11.6. The van der Waals surface area contributed by atoms with Crippen LogP contribution in [-0.4, -0.2) is 21.7 Å². The quantitative estimate of drug-likeness (QED) is 0.338. The van der Waals surface area contributed by atoms with Crippen molar-refractivity contribution < 1.29 is 19.1 Å². The summed E-state index contributed by atoms with van der Waals surface area (Å²) in [5.74, 6) is -1.23. The van der Waals surface area contributed by atoms with E-state index < -0.39 is 5.41 Å². The van der Waals surface area contributed by atoms with Crippen molar-refractivity contribution in [2.45, 2.75) is 33.6 Å². The van der Waals surface area contributed by atoms with Gasteiger partial charge in [-0.1, -0.05) is 13.8 Å². The molecule has 2 aromatic carbocycles. The first-order valence-electron chi connectivity index (χ1n) is 9.32. The molecule has 3 aromatic rings. The predicted octanol–water partition coefficient (Wildman–Crippen LogP) is 5.64. The van der Waals surface area contributed by atoms with E-state index in [1.807, 2.05) is 26.8 Å². The number of fused-ring (bicyclic) bond motifs is 1. The fourth-order valence-electron chi connectivity index (χ4n) is 3.76. The minimum Gasteiger partial charge on any atom is -0.506 e. The fraction of sp³-hybridized carbons (Fsp3) is 0.261. The first kappa shape index (κ1) is 19.5. The zero-order chi connectivity index (χ0) is 20.9. The third-order valence-corrected chi connectivity index (χ3v) is 6.30. The second-order valence-electron chi connectivity index (χ2n) is 8.20. The number of nitrogens with zero attached hydrogens (tertiary/aromatic N) is 1. The normalized spacial score (nSPS) is 16.5. The van der Waals surface area contributed by atoms with Crippen LogP contribution < -0.4 is 0 Å². The topological polar surface area (TPSA) is 67.3 Å². The van der Waals surface area contributed by atoms with Gasteiger partial charge in [0.2, 0.25) is 0 Å². The number of carbonyl (C=O) groups is 2. The van der Waals surface area contributed by atoms with Gasteiger partial charge in [0.15, 0.2) is 11.6 Å². The van der Waals surface area contributed by atoms with Gasteiger partial charge in [0.25, 0.3) is 0 Å². The van der Waals surface area contributed by atoms with Gasteiger partial charge in [0.1, 0.15) is 22.2 Å². The molecule has 4 nitrogen and oxygen atoms in total. The number of allylic oxidation sites excluding steroid dienone is 1. The molecule has 0 amide bonds. The highest BCUT2D eigenvalue weighted by atomic mass is 32.1. The van der Waals surface area contributed by atoms with Crippen molar-refractivity contribution >= 4 is 38.9 Å². The van der Waals surface area contributed by atoms with Crippen molar-refractivity contribution in [3.63, 3.8) is 0 Å². The summed E-state index contributed by atoms with van der Waals surface area (Å²) in [7, 11) is 0. The lowest BCUT2D eigenvalue weighted by molar-refractivity contribution is -0.127. The number of benzene rings is 2. The molecule has 148 valence electrons. The third kappa shape index (κ3) is 3.49. The zero-order valence-electron chi connectivity index (χ0n) is 16.4. The molecule has 1 saturated carbocycles. The Morgan fingerprint density at radius 3 is 2.31 bits per heavy atom. The van der Waals surface area contributed by atoms with Gasteiger partial charge in [-0.15, -0.1) is 11.3 Å². The number of aryl methyl sites for hydroxylation is 1. The summed E-state index contributed by atoms with van der Waals surface area (Å²) >= 11 is 1.46. The standard InChI is InChI=1S/C23H20FNO3S/c1-12-15(21(28)19-16(26)10-23(2,3)11-17(19)27)8-9-18-20(12)25-22(29-18)13-4-6-14(24)7-5-13/h4-9,28H,10-11H2,1-3H3. The van der Waals surface area contributed by atoms with Crippen LogP contribution >= 0.6 is 11.3 Å². The average molecular weight is 409 g/mol. The average Bonchev–Trinajstić information content (AvgIpc) is 3.06. The van der Waals surface area contributed by atoms with Crippen molar-refractivity contribution in [1.29, 1.82) is 0 Å². The van der Waals surface area contributed by atoms with E-state index in [4.69, 9.17) is 0 Å². The third-order valence-electron chi connectivity index (χ3n) is 5.23. The number of aromatic nitrogens is 1. The molecule has 4 rings (SSSR count). The second kappa shape index (κ2) is 6.88. The summed E-state index contributed by atoms with van der Waals surface area (Å²) in [4.78, 5) is 29.7. The molecule has 0 radical (unpaired) electrons. The summed E-state index contributed by atoms with van der Waals surface area (Å²) in [6, 6.07) is 9.65. The number of ketones is 2. The van der Waals surface area contributed by atoms with Crippen LogP contribution in [0.3, 0.4) is 0 Å². The van der Waals surface area contributed by atoms with E-state index in [2.05, 4.69) is 4.98 Å². The van der Waals surface area contributed by atoms with Gasteiger partial charge >= 0.3 is 0 Å². The maximum Gasteiger partial charge on any atom is 0.170 e. The van der Waals surface area contributed by atoms with Crippen LogP contribution in [0, 0.1) is 18.2 Å². The molecule has 0 unspecified atom stereocenters. The molecule has 6 heteroatoms. The lowest BCUT2D eigenvalue weighted by Crippen LogP contribution is -2.32. The zero-order valence-corrected chi connectivity index (χ0v) is 17.2. The monoisotopic (exact) mass is 409 g/mol. The fourth-order valence-corrected chi connectivity index (χ4v) is 4.79. The smallest absolute Gasteiger partial charge is 0.170 e. The van der Waals surface area contributed by atoms with E-state index in [9.17, 15) is 19.1 Å². The first-order chi connectivity index (χ1) is 13.7. The largest absolute Gasteiger partial charge is 0.506 e. The summed E-state index contributed by atoms with van der Waals surface area (Å²) < 4.78 is 14.1. The summed E-state index contributed by atoms with van der Waals surface area (Å²) in [6.07, 6.45) is 0.454. The Morgan fingerprint density at radius 1 is 1.07 bits per heavy atom. The van der Waals surface area contributed by atoms with Crippen LogP contribution in [-0.2, 0) is 9.59 Å². The number of carbonyl (C=O) groups excluding carboxylic acids is 2. The molecule has 29 heavy (non-hydrogen) atoms. The van der Waals surface area contributed by atoms with E-state index in [1.54, 1.807) is 18.2 Å². The molecule has 0 spiro atoms. The van der Waals surface area contributed by atoms with Gasteiger partial charge in [-0.3, -0.25) is 9.59 Å². The summed E-state index contributed by atoms with van der Waals surface area (Å²) in [5.41, 5.74) is 2.12. The molecule has 1 aromatic heterocycles. The molecule has 1 heterocycles. The SMILES string of the molecule is Cc1c(C(O)=C2C(=O)CC(C)(C)CC2=O)ccc2sc(-c3ccc(F)cc3)nc12. The Labute approximate surface area is 171 Å². The number of aliphatic hydroxyl groups is 1. The Bertz CT molecular complexity index is 1170. The first-order valence-corrected chi connectivity index (χ1v) is 10.1. The van der Waals surface area contributed by atoms with Crippen molar-refractivity contribution in [2.75, 3.05) is 0 Å². The second-order valence-corrected chi connectivity index (χ2v) is 9.23. The van der Waals surface area contributed by atoms with Gasteiger partial charge < -0.3 is 5.11 Å². The van der Waals surface area contributed by atoms with Crippen LogP contribution in [0.5, 0.6) is 0 Å². The molecule has 0 atom stereocenters. The number of hydrogen-bond acceptors (Lipinski definition) is 5. The molecule has 0 saturated heterocycles. The van der Waals surface area contributed by atoms with E-state index in [0.29, 0.717) is 16.6 Å². The molecule has 1 aliphatic rings. The van der Waals surface area contributed by atoms with Gasteiger partial charge in [-0.05, 0) is 54.3 Å². The lowest BCUT2D eigenvalue weighted by Gasteiger charge is -2.29. The molecule has 1 fully saturated rings. The van der Waals surface area contributed by atoms with E-state index >= 15 is 0 Å². The van der Waals surface area contributed by atoms with E-state index in [1.165, 1.54) is 23.5 Å². The number of hydrogen-bond donors (Lipinski definition) is 1. The van der Waals surface area contributed by atoms with Gasteiger partial charge in [-0.2, -0.15) is 0 Å². The van der Waals surface area contributed by atoms with Crippen molar-refractivity contribution in [1.82, 2.24) is 4.98 Å². The minimum absolute atomic E-state index is 0.110. The van der Waals surface area contributed by atoms with E-state index in [-0.39, 0.29) is 41.6 Å². The van der Waals surface area contributed by atoms with Crippen LogP contribution in [0.1, 0.15) is 37.8 Å². The lowest BCUT2D eigenvalue weighted by atomic mass is 9.73. The number of rotatable bonds is 2. The molecule has 0 aliphatic heterocycles. The van der Waals surface area contributed by atoms with Gasteiger partial charge in [-0.25, -0.2) is 9.37 Å². The number of thiazole rings is 1. The van der Waals surface area contributed by atoms with Crippen molar-refractivity contribution in [2.24, 2.45) is 5.41 Å². The number of Topliss-reactive ketones (excluding diaryl/α,β-unsaturated/α-hetero) is 2. The Kier molecular flexibility index (Phi) is 4.62. The van der Waals surface area contributed by atoms with E-state index in [0.717, 1.165) is 15.3 Å². The maximum absolute atomic E-state index is 13.2. The Hall–Kier alpha value is -2.86. The maximum atomic E-state index is 13.2. The highest BCUT2D eigenvalue weighted by molar-refractivity contribution is 7.21. The Morgan fingerprint density at radius 2 is 1.69 bits per heavy atom. The summed E-state index contributed by atoms with van der Waals surface area (Å²) in [6.45, 7) is 5.56.